The van der Waals surface area contributed by atoms with E-state index in [1.54, 1.807) is 11.2 Å². The van der Waals surface area contributed by atoms with E-state index in [0.29, 0.717) is 31.7 Å². The number of fused-ring (bicyclic) bond motifs is 1. The van der Waals surface area contributed by atoms with Gasteiger partial charge in [-0.2, -0.15) is 0 Å². The zero-order valence-electron chi connectivity index (χ0n) is 18.3. The molecule has 4 rings (SSSR count). The second-order valence-electron chi connectivity index (χ2n) is 9.73. The molecule has 1 aliphatic carbocycles. The van der Waals surface area contributed by atoms with Crippen molar-refractivity contribution in [3.8, 4) is 0 Å². The molecule has 1 saturated heterocycles. The molecule has 6 nitrogen and oxygen atoms in total. The molecule has 1 amide bonds. The monoisotopic (exact) mass is 409 g/mol. The summed E-state index contributed by atoms with van der Waals surface area (Å²) in [5.41, 5.74) is 2.57. The molecule has 160 valence electrons. The number of piperidine rings is 1. The van der Waals surface area contributed by atoms with Crippen LogP contribution in [0.3, 0.4) is 0 Å². The molecule has 0 bridgehead atoms. The summed E-state index contributed by atoms with van der Waals surface area (Å²) >= 11 is 0. The third-order valence-corrected chi connectivity index (χ3v) is 6.54. The van der Waals surface area contributed by atoms with Crippen molar-refractivity contribution >= 4 is 23.8 Å². The SMILES string of the molecule is C/C1=C\NC=NC(C2CC3(CCN(C(=O)OC(C)(C)C)CC3)C2=O)c2ccccc21. The second kappa shape index (κ2) is 7.56. The number of benzene rings is 1. The van der Waals surface area contributed by atoms with E-state index in [1.165, 1.54) is 0 Å². The van der Waals surface area contributed by atoms with E-state index in [-0.39, 0.29) is 23.5 Å². The second-order valence-corrected chi connectivity index (χ2v) is 9.73. The largest absolute Gasteiger partial charge is 0.444 e. The maximum absolute atomic E-state index is 13.4. The van der Waals surface area contributed by atoms with Gasteiger partial charge in [0.05, 0.1) is 12.4 Å². The van der Waals surface area contributed by atoms with Crippen LogP contribution in [0, 0.1) is 11.3 Å². The lowest BCUT2D eigenvalue weighted by Gasteiger charge is -2.51. The van der Waals surface area contributed by atoms with Gasteiger partial charge in [0, 0.05) is 30.6 Å². The highest BCUT2D eigenvalue weighted by Gasteiger charge is 2.57. The van der Waals surface area contributed by atoms with Gasteiger partial charge in [0.25, 0.3) is 0 Å². The molecule has 30 heavy (non-hydrogen) atoms. The Balaban J connectivity index is 1.46. The van der Waals surface area contributed by atoms with Crippen molar-refractivity contribution in [1.82, 2.24) is 10.2 Å². The summed E-state index contributed by atoms with van der Waals surface area (Å²) in [7, 11) is 0. The van der Waals surface area contributed by atoms with Gasteiger partial charge in [0.2, 0.25) is 0 Å². The Morgan fingerprint density at radius 1 is 1.23 bits per heavy atom. The molecular formula is C24H31N3O3. The third kappa shape index (κ3) is 3.75. The van der Waals surface area contributed by atoms with Gasteiger partial charge < -0.3 is 15.0 Å². The maximum atomic E-state index is 13.4. The number of nitrogens with one attached hydrogen (secondary N) is 1. The summed E-state index contributed by atoms with van der Waals surface area (Å²) in [4.78, 5) is 32.2. The van der Waals surface area contributed by atoms with E-state index in [0.717, 1.165) is 23.1 Å². The van der Waals surface area contributed by atoms with Gasteiger partial charge in [-0.1, -0.05) is 24.3 Å². The molecule has 0 aromatic heterocycles. The summed E-state index contributed by atoms with van der Waals surface area (Å²) in [5.74, 6) is 0.189. The maximum Gasteiger partial charge on any atom is 0.410 e. The molecule has 1 aromatic rings. The predicted molar refractivity (Wildman–Crippen MR) is 117 cm³/mol. The van der Waals surface area contributed by atoms with E-state index in [4.69, 9.17) is 9.73 Å². The van der Waals surface area contributed by atoms with Gasteiger partial charge in [-0.15, -0.1) is 0 Å². The number of likely N-dealkylation sites (tertiary alicyclic amines) is 1. The van der Waals surface area contributed by atoms with E-state index in [2.05, 4.69) is 24.4 Å². The van der Waals surface area contributed by atoms with Gasteiger partial charge in [-0.05, 0) is 63.7 Å². The first-order chi connectivity index (χ1) is 14.2. The van der Waals surface area contributed by atoms with Gasteiger partial charge in [0.1, 0.15) is 11.4 Å². The number of nitrogens with zero attached hydrogens (tertiary/aromatic N) is 2. The molecule has 3 aliphatic rings. The van der Waals surface area contributed by atoms with Crippen LogP contribution in [0.1, 0.15) is 64.1 Å². The van der Waals surface area contributed by atoms with Crippen molar-refractivity contribution < 1.29 is 14.3 Å². The fourth-order valence-corrected chi connectivity index (χ4v) is 4.90. The van der Waals surface area contributed by atoms with Crippen LogP contribution in [0.25, 0.3) is 5.57 Å². The number of allylic oxidation sites excluding steroid dienone is 1. The molecule has 2 unspecified atom stereocenters. The Hall–Kier alpha value is -2.63. The third-order valence-electron chi connectivity index (χ3n) is 6.54. The number of ketones is 1. The van der Waals surface area contributed by atoms with Gasteiger partial charge in [-0.3, -0.25) is 9.79 Å². The molecule has 1 aromatic carbocycles. The number of amides is 1. The minimum Gasteiger partial charge on any atom is -0.444 e. The number of carbonyl (C=O) groups is 2. The van der Waals surface area contributed by atoms with Crippen molar-refractivity contribution in [1.29, 1.82) is 0 Å². The Morgan fingerprint density at radius 2 is 1.93 bits per heavy atom. The predicted octanol–water partition coefficient (Wildman–Crippen LogP) is 4.33. The average Bonchev–Trinajstić information content (AvgIpc) is 2.70. The van der Waals surface area contributed by atoms with E-state index in [9.17, 15) is 9.59 Å². The molecule has 1 saturated carbocycles. The molecule has 6 heteroatoms. The minimum atomic E-state index is -0.506. The zero-order chi connectivity index (χ0) is 21.5. The van der Waals surface area contributed by atoms with Crippen molar-refractivity contribution in [2.75, 3.05) is 13.1 Å². The number of aliphatic imine (C=N–C) groups is 1. The van der Waals surface area contributed by atoms with Crippen LogP contribution < -0.4 is 5.32 Å². The average molecular weight is 410 g/mol. The van der Waals surface area contributed by atoms with Crippen molar-refractivity contribution in [3.05, 3.63) is 41.6 Å². The van der Waals surface area contributed by atoms with Crippen LogP contribution in [0.2, 0.25) is 0 Å². The Bertz CT molecular complexity index is 905. The number of rotatable bonds is 1. The molecule has 2 heterocycles. The summed E-state index contributed by atoms with van der Waals surface area (Å²) in [6, 6.07) is 8.05. The van der Waals surface area contributed by atoms with Gasteiger partial charge in [-0.25, -0.2) is 4.79 Å². The van der Waals surface area contributed by atoms with E-state index in [1.807, 2.05) is 39.1 Å². The smallest absolute Gasteiger partial charge is 0.410 e. The zero-order valence-corrected chi connectivity index (χ0v) is 18.3. The first-order valence-corrected chi connectivity index (χ1v) is 10.8. The minimum absolute atomic E-state index is 0.108. The van der Waals surface area contributed by atoms with Crippen LogP contribution >= 0.6 is 0 Å². The summed E-state index contributed by atoms with van der Waals surface area (Å²) in [5, 5.41) is 3.11. The van der Waals surface area contributed by atoms with Crippen LogP contribution in [0.15, 0.2) is 35.5 Å². The first kappa shape index (κ1) is 20.6. The normalized spacial score (nSPS) is 27.1. The number of hydrogen-bond donors (Lipinski definition) is 1. The molecule has 1 N–H and O–H groups in total. The molecule has 2 aliphatic heterocycles. The van der Waals surface area contributed by atoms with Crippen molar-refractivity contribution in [2.24, 2.45) is 16.3 Å². The summed E-state index contributed by atoms with van der Waals surface area (Å²) in [6.07, 6.45) is 5.59. The van der Waals surface area contributed by atoms with Crippen molar-refractivity contribution in [3.63, 3.8) is 0 Å². The molecule has 2 atom stereocenters. The highest BCUT2D eigenvalue weighted by atomic mass is 16.6. The Morgan fingerprint density at radius 3 is 2.60 bits per heavy atom. The van der Waals surface area contributed by atoms with Gasteiger partial charge >= 0.3 is 6.09 Å². The lowest BCUT2D eigenvalue weighted by molar-refractivity contribution is -0.152. The molecular weight excluding hydrogens is 378 g/mol. The highest BCUT2D eigenvalue weighted by molar-refractivity contribution is 5.94. The molecule has 2 fully saturated rings. The number of Topliss-reactive ketones (excluding diaryl/α,β-unsaturated/α-hetero) is 1. The van der Waals surface area contributed by atoms with Crippen LogP contribution in [-0.4, -0.2) is 41.8 Å². The van der Waals surface area contributed by atoms with Crippen LogP contribution in [-0.2, 0) is 9.53 Å². The van der Waals surface area contributed by atoms with Gasteiger partial charge in [0.15, 0.2) is 0 Å². The number of ether oxygens (including phenoxy) is 1. The lowest BCUT2D eigenvalue weighted by Crippen LogP contribution is -2.57. The molecule has 0 radical (unpaired) electrons. The topological polar surface area (TPSA) is 71.0 Å². The number of carbonyl (C=O) groups excluding carboxylic acids is 2. The summed E-state index contributed by atoms with van der Waals surface area (Å²) in [6.45, 7) is 8.82. The quantitative estimate of drug-likeness (QED) is 0.750. The lowest BCUT2D eigenvalue weighted by atomic mass is 9.54. The molecule has 1 spiro atoms. The first-order valence-electron chi connectivity index (χ1n) is 10.8. The standard InChI is InChI=1S/C24H31N3O3/c1-16-14-25-15-26-20(18-8-6-5-7-17(16)18)19-13-24(21(19)28)9-11-27(12-10-24)22(29)30-23(2,3)4/h5-8,14-15,19-20H,9-13H2,1-4H3,(H,25,26)/b16-14+. The van der Waals surface area contributed by atoms with Crippen LogP contribution in [0.4, 0.5) is 4.79 Å². The fourth-order valence-electron chi connectivity index (χ4n) is 4.90. The van der Waals surface area contributed by atoms with E-state index < -0.39 is 5.60 Å². The fraction of sp³-hybridized carbons (Fsp3) is 0.542. The summed E-state index contributed by atoms with van der Waals surface area (Å²) < 4.78 is 5.49. The Kier molecular flexibility index (Phi) is 5.20. The van der Waals surface area contributed by atoms with Crippen LogP contribution in [0.5, 0.6) is 0 Å². The van der Waals surface area contributed by atoms with Crippen molar-refractivity contribution in [2.45, 2.75) is 58.6 Å². The highest BCUT2D eigenvalue weighted by Crippen LogP contribution is 2.54. The van der Waals surface area contributed by atoms with E-state index >= 15 is 0 Å². The number of hydrogen-bond acceptors (Lipinski definition) is 5. The Labute approximate surface area is 178 Å².